The highest BCUT2D eigenvalue weighted by Gasteiger charge is 2.31. The summed E-state index contributed by atoms with van der Waals surface area (Å²) < 4.78 is 52.5. The van der Waals surface area contributed by atoms with Gasteiger partial charge in [0, 0.05) is 16.3 Å². The van der Waals surface area contributed by atoms with Crippen LogP contribution in [0.1, 0.15) is 11.1 Å². The maximum absolute atomic E-state index is 13.1. The van der Waals surface area contributed by atoms with Crippen molar-refractivity contribution < 1.29 is 17.6 Å². The number of halogens is 5. The minimum Gasteiger partial charge on any atom is -0.383 e. The summed E-state index contributed by atoms with van der Waals surface area (Å²) in [6.07, 6.45) is -4.64. The molecule has 2 aromatic heterocycles. The van der Waals surface area contributed by atoms with Crippen LogP contribution < -0.4 is 11.1 Å². The third-order valence-electron chi connectivity index (χ3n) is 4.29. The summed E-state index contributed by atoms with van der Waals surface area (Å²) >= 11 is 5.87. The number of anilines is 3. The molecule has 0 aliphatic rings. The first-order valence-electron chi connectivity index (χ1n) is 8.56. The van der Waals surface area contributed by atoms with Crippen LogP contribution in [0.3, 0.4) is 0 Å². The number of rotatable bonds is 4. The van der Waals surface area contributed by atoms with Crippen molar-refractivity contribution >= 4 is 40.0 Å². The number of nitrogen functional groups attached to an aromatic ring is 1. The summed E-state index contributed by atoms with van der Waals surface area (Å²) in [6, 6.07) is 9.69. The van der Waals surface area contributed by atoms with Gasteiger partial charge in [-0.3, -0.25) is 5.10 Å². The van der Waals surface area contributed by atoms with Crippen LogP contribution in [0.4, 0.5) is 34.9 Å². The Kier molecular flexibility index (Phi) is 4.94. The second-order valence-corrected chi connectivity index (χ2v) is 6.85. The van der Waals surface area contributed by atoms with Gasteiger partial charge in [0.1, 0.15) is 23.7 Å². The van der Waals surface area contributed by atoms with Crippen LogP contribution in [-0.4, -0.2) is 20.2 Å². The predicted octanol–water partition coefficient (Wildman–Crippen LogP) is 5.49. The lowest BCUT2D eigenvalue weighted by Crippen LogP contribution is -2.06. The van der Waals surface area contributed by atoms with E-state index in [0.29, 0.717) is 21.9 Å². The maximum Gasteiger partial charge on any atom is 0.416 e. The largest absolute Gasteiger partial charge is 0.416 e. The van der Waals surface area contributed by atoms with Crippen LogP contribution in [0, 0.1) is 0 Å². The summed E-state index contributed by atoms with van der Waals surface area (Å²) in [5.41, 5.74) is 5.73. The number of nitrogens with two attached hydrogens (primary N) is 1. The van der Waals surface area contributed by atoms with Crippen LogP contribution in [0.5, 0.6) is 0 Å². The highest BCUT2D eigenvalue weighted by atomic mass is 35.5. The lowest BCUT2D eigenvalue weighted by molar-refractivity contribution is -0.137. The molecule has 0 atom stereocenters. The fraction of sp³-hybridized carbons (Fsp3) is 0.105. The zero-order chi connectivity index (χ0) is 21.5. The molecule has 154 valence electrons. The molecule has 30 heavy (non-hydrogen) atoms. The standard InChI is InChI=1S/C19H13ClF4N6/c20-12-1-3-13(4-2-12)26-17-14-15(25)27-16(28-18(14)30-29-17)10-5-9(8-21)6-11(7-10)19(22,23)24/h1-7H,8H2,(H4,25,26,27,28,29,30). The van der Waals surface area contributed by atoms with E-state index in [-0.39, 0.29) is 28.4 Å². The van der Waals surface area contributed by atoms with E-state index < -0.39 is 18.4 Å². The van der Waals surface area contributed by atoms with Crippen molar-refractivity contribution in [2.24, 2.45) is 0 Å². The molecule has 0 fully saturated rings. The van der Waals surface area contributed by atoms with Crippen LogP contribution in [-0.2, 0) is 12.9 Å². The van der Waals surface area contributed by atoms with Gasteiger partial charge in [0.15, 0.2) is 11.5 Å². The lowest BCUT2D eigenvalue weighted by Gasteiger charge is -2.11. The van der Waals surface area contributed by atoms with Gasteiger partial charge in [-0.05, 0) is 48.0 Å². The fourth-order valence-electron chi connectivity index (χ4n) is 2.91. The van der Waals surface area contributed by atoms with Crippen LogP contribution in [0.2, 0.25) is 5.02 Å². The van der Waals surface area contributed by atoms with Crippen molar-refractivity contribution in [1.82, 2.24) is 20.2 Å². The number of benzene rings is 2. The van der Waals surface area contributed by atoms with Crippen molar-refractivity contribution in [2.75, 3.05) is 11.1 Å². The molecule has 0 aliphatic heterocycles. The van der Waals surface area contributed by atoms with Gasteiger partial charge in [-0.1, -0.05) is 11.6 Å². The number of nitrogens with one attached hydrogen (secondary N) is 2. The molecule has 0 saturated carbocycles. The van der Waals surface area contributed by atoms with Gasteiger partial charge < -0.3 is 11.1 Å². The number of fused-ring (bicyclic) bond motifs is 1. The Bertz CT molecular complexity index is 1220. The number of hydrogen-bond acceptors (Lipinski definition) is 5. The van der Waals surface area contributed by atoms with E-state index in [1.54, 1.807) is 24.3 Å². The van der Waals surface area contributed by atoms with Crippen LogP contribution in [0.25, 0.3) is 22.4 Å². The van der Waals surface area contributed by atoms with E-state index in [1.807, 2.05) is 0 Å². The van der Waals surface area contributed by atoms with Gasteiger partial charge in [0.05, 0.1) is 5.56 Å². The second-order valence-electron chi connectivity index (χ2n) is 6.41. The third-order valence-corrected chi connectivity index (χ3v) is 4.54. The number of hydrogen-bond donors (Lipinski definition) is 3. The van der Waals surface area contributed by atoms with Gasteiger partial charge in [0.25, 0.3) is 0 Å². The number of aromatic nitrogens is 4. The molecule has 0 aliphatic carbocycles. The Morgan fingerprint density at radius 3 is 2.47 bits per heavy atom. The Hall–Kier alpha value is -3.40. The molecule has 4 aromatic rings. The summed E-state index contributed by atoms with van der Waals surface area (Å²) in [4.78, 5) is 8.31. The molecule has 0 unspecified atom stereocenters. The summed E-state index contributed by atoms with van der Waals surface area (Å²) in [5.74, 6) is 0.314. The molecule has 2 aromatic carbocycles. The minimum absolute atomic E-state index is 0.000534. The SMILES string of the molecule is Nc1nc(-c2cc(CF)cc(C(F)(F)F)c2)nc2n[nH]c(Nc3ccc(Cl)cc3)c12. The Morgan fingerprint density at radius 1 is 1.07 bits per heavy atom. The average molecular weight is 437 g/mol. The van der Waals surface area contributed by atoms with Crippen molar-refractivity contribution in [3.8, 4) is 11.4 Å². The van der Waals surface area contributed by atoms with Crippen molar-refractivity contribution in [2.45, 2.75) is 12.9 Å². The van der Waals surface area contributed by atoms with Crippen LogP contribution >= 0.6 is 11.6 Å². The van der Waals surface area contributed by atoms with Crippen molar-refractivity contribution in [1.29, 1.82) is 0 Å². The zero-order valence-electron chi connectivity index (χ0n) is 15.1. The normalized spacial score (nSPS) is 11.8. The molecule has 0 saturated heterocycles. The van der Waals surface area contributed by atoms with E-state index in [2.05, 4.69) is 25.5 Å². The molecule has 11 heteroatoms. The van der Waals surface area contributed by atoms with E-state index in [1.165, 1.54) is 6.07 Å². The Labute approximate surface area is 172 Å². The molecular formula is C19H13ClF4N6. The summed E-state index contributed by atoms with van der Waals surface area (Å²) in [5, 5.41) is 10.8. The van der Waals surface area contributed by atoms with Gasteiger partial charge in [0.2, 0.25) is 0 Å². The van der Waals surface area contributed by atoms with E-state index in [4.69, 9.17) is 17.3 Å². The Balaban J connectivity index is 1.77. The number of aromatic amines is 1. The molecule has 0 bridgehead atoms. The van der Waals surface area contributed by atoms with E-state index >= 15 is 0 Å². The van der Waals surface area contributed by atoms with Crippen LogP contribution in [0.15, 0.2) is 42.5 Å². The molecule has 2 heterocycles. The summed E-state index contributed by atoms with van der Waals surface area (Å²) in [6.45, 7) is -1.06. The highest BCUT2D eigenvalue weighted by molar-refractivity contribution is 6.30. The Morgan fingerprint density at radius 2 is 1.80 bits per heavy atom. The van der Waals surface area contributed by atoms with Crippen molar-refractivity contribution in [3.05, 3.63) is 58.6 Å². The molecule has 4 N–H and O–H groups in total. The fourth-order valence-corrected chi connectivity index (χ4v) is 3.04. The molecule has 0 radical (unpaired) electrons. The highest BCUT2D eigenvalue weighted by Crippen LogP contribution is 2.34. The van der Waals surface area contributed by atoms with Gasteiger partial charge in [-0.15, -0.1) is 0 Å². The third kappa shape index (κ3) is 3.86. The van der Waals surface area contributed by atoms with E-state index in [0.717, 1.165) is 12.1 Å². The molecule has 0 amide bonds. The van der Waals surface area contributed by atoms with Gasteiger partial charge >= 0.3 is 6.18 Å². The topological polar surface area (TPSA) is 92.5 Å². The first-order chi connectivity index (χ1) is 14.2. The second kappa shape index (κ2) is 7.45. The number of alkyl halides is 4. The monoisotopic (exact) mass is 436 g/mol. The molecule has 4 rings (SSSR count). The average Bonchev–Trinajstić information content (AvgIpc) is 3.12. The van der Waals surface area contributed by atoms with E-state index in [9.17, 15) is 17.6 Å². The quantitative estimate of drug-likeness (QED) is 0.368. The first kappa shape index (κ1) is 19.9. The number of nitrogens with zero attached hydrogens (tertiary/aromatic N) is 3. The molecule has 6 nitrogen and oxygen atoms in total. The number of H-pyrrole nitrogens is 1. The first-order valence-corrected chi connectivity index (χ1v) is 8.94. The van der Waals surface area contributed by atoms with Crippen molar-refractivity contribution in [3.63, 3.8) is 0 Å². The van der Waals surface area contributed by atoms with Gasteiger partial charge in [-0.25, -0.2) is 14.4 Å². The summed E-state index contributed by atoms with van der Waals surface area (Å²) in [7, 11) is 0. The lowest BCUT2D eigenvalue weighted by atomic mass is 10.1. The zero-order valence-corrected chi connectivity index (χ0v) is 15.8. The predicted molar refractivity (Wildman–Crippen MR) is 106 cm³/mol. The molecular weight excluding hydrogens is 424 g/mol. The molecule has 0 spiro atoms. The maximum atomic E-state index is 13.1. The minimum atomic E-state index is -4.64. The smallest absolute Gasteiger partial charge is 0.383 e. The van der Waals surface area contributed by atoms with Gasteiger partial charge in [-0.2, -0.15) is 18.3 Å².